The van der Waals surface area contributed by atoms with E-state index in [1.54, 1.807) is 48.5 Å². The van der Waals surface area contributed by atoms with E-state index in [-0.39, 0.29) is 5.91 Å². The predicted octanol–water partition coefficient (Wildman–Crippen LogP) is 2.68. The minimum absolute atomic E-state index is 0.327. The molecular formula is C15H9N3O. The second-order valence-corrected chi connectivity index (χ2v) is 3.80. The predicted molar refractivity (Wildman–Crippen MR) is 70.3 cm³/mol. The summed E-state index contributed by atoms with van der Waals surface area (Å²) in [6, 6.07) is 17.1. The standard InChI is InChI=1S/C15H9N3O/c16-9-11-5-7-13(8-6-11)18-15(19)14-4-2-1-3-12(14)10-17/h1-8H,(H,18,19). The van der Waals surface area contributed by atoms with Gasteiger partial charge >= 0.3 is 0 Å². The maximum Gasteiger partial charge on any atom is 0.257 e. The molecule has 0 bridgehead atoms. The summed E-state index contributed by atoms with van der Waals surface area (Å²) in [6.45, 7) is 0. The average molecular weight is 247 g/mol. The molecular weight excluding hydrogens is 238 g/mol. The SMILES string of the molecule is N#Cc1ccc(NC(=O)c2ccccc2C#N)cc1. The highest BCUT2D eigenvalue weighted by Crippen LogP contribution is 2.13. The van der Waals surface area contributed by atoms with Gasteiger partial charge in [0.25, 0.3) is 5.91 Å². The summed E-state index contributed by atoms with van der Waals surface area (Å²) in [6.07, 6.45) is 0. The molecule has 0 atom stereocenters. The zero-order valence-corrected chi connectivity index (χ0v) is 9.92. The van der Waals surface area contributed by atoms with Gasteiger partial charge in [-0.25, -0.2) is 0 Å². The lowest BCUT2D eigenvalue weighted by Crippen LogP contribution is -2.13. The van der Waals surface area contributed by atoms with E-state index in [0.29, 0.717) is 22.4 Å². The van der Waals surface area contributed by atoms with E-state index in [4.69, 9.17) is 10.5 Å². The molecule has 0 saturated heterocycles. The third kappa shape index (κ3) is 2.77. The number of rotatable bonds is 2. The molecule has 1 amide bonds. The molecule has 0 radical (unpaired) electrons. The first kappa shape index (κ1) is 12.3. The summed E-state index contributed by atoms with van der Waals surface area (Å²) in [5.74, 6) is -0.346. The maximum absolute atomic E-state index is 12.0. The normalized spacial score (nSPS) is 9.16. The van der Waals surface area contributed by atoms with Crippen molar-refractivity contribution in [2.75, 3.05) is 5.32 Å². The van der Waals surface area contributed by atoms with Crippen molar-refractivity contribution in [1.82, 2.24) is 0 Å². The number of nitrogens with zero attached hydrogens (tertiary/aromatic N) is 2. The van der Waals surface area contributed by atoms with Crippen LogP contribution >= 0.6 is 0 Å². The number of carbonyl (C=O) groups is 1. The molecule has 4 heteroatoms. The van der Waals surface area contributed by atoms with E-state index in [1.807, 2.05) is 12.1 Å². The number of carbonyl (C=O) groups excluding carboxylic acids is 1. The van der Waals surface area contributed by atoms with Crippen molar-refractivity contribution in [1.29, 1.82) is 10.5 Å². The Morgan fingerprint density at radius 1 is 0.947 bits per heavy atom. The van der Waals surface area contributed by atoms with Crippen LogP contribution in [-0.4, -0.2) is 5.91 Å². The van der Waals surface area contributed by atoms with Gasteiger partial charge in [-0.2, -0.15) is 10.5 Å². The van der Waals surface area contributed by atoms with Crippen molar-refractivity contribution in [2.45, 2.75) is 0 Å². The van der Waals surface area contributed by atoms with Crippen LogP contribution in [0.4, 0.5) is 5.69 Å². The van der Waals surface area contributed by atoms with E-state index < -0.39 is 0 Å². The highest BCUT2D eigenvalue weighted by atomic mass is 16.1. The van der Waals surface area contributed by atoms with Gasteiger partial charge in [-0.1, -0.05) is 12.1 Å². The molecule has 2 aromatic carbocycles. The number of anilines is 1. The first-order chi connectivity index (χ1) is 9.24. The lowest BCUT2D eigenvalue weighted by Gasteiger charge is -2.06. The first-order valence-electron chi connectivity index (χ1n) is 5.55. The molecule has 2 rings (SSSR count). The molecule has 0 aliphatic carbocycles. The minimum atomic E-state index is -0.346. The average Bonchev–Trinajstić information content (AvgIpc) is 2.48. The van der Waals surface area contributed by atoms with Crippen LogP contribution in [0.1, 0.15) is 21.5 Å². The molecule has 90 valence electrons. The highest BCUT2D eigenvalue weighted by molar-refractivity contribution is 6.05. The maximum atomic E-state index is 12.0. The Balaban J connectivity index is 2.21. The number of hydrogen-bond acceptors (Lipinski definition) is 3. The molecule has 0 unspecified atom stereocenters. The van der Waals surface area contributed by atoms with Crippen LogP contribution in [0, 0.1) is 22.7 Å². The van der Waals surface area contributed by atoms with Crippen LogP contribution in [0.2, 0.25) is 0 Å². The largest absolute Gasteiger partial charge is 0.322 e. The van der Waals surface area contributed by atoms with Gasteiger partial charge in [0, 0.05) is 5.69 Å². The second kappa shape index (κ2) is 5.48. The number of hydrogen-bond donors (Lipinski definition) is 1. The summed E-state index contributed by atoms with van der Waals surface area (Å²) < 4.78 is 0. The third-order valence-electron chi connectivity index (χ3n) is 2.56. The minimum Gasteiger partial charge on any atom is -0.322 e. The zero-order chi connectivity index (χ0) is 13.7. The number of amides is 1. The van der Waals surface area contributed by atoms with Gasteiger partial charge in [-0.15, -0.1) is 0 Å². The molecule has 0 fully saturated rings. The summed E-state index contributed by atoms with van der Waals surface area (Å²) in [4.78, 5) is 12.0. The zero-order valence-electron chi connectivity index (χ0n) is 9.92. The number of benzene rings is 2. The van der Waals surface area contributed by atoms with Crippen molar-refractivity contribution >= 4 is 11.6 Å². The summed E-state index contributed by atoms with van der Waals surface area (Å²) >= 11 is 0. The molecule has 19 heavy (non-hydrogen) atoms. The molecule has 0 spiro atoms. The fraction of sp³-hybridized carbons (Fsp3) is 0. The Hall–Kier alpha value is -3.11. The molecule has 0 saturated carbocycles. The molecule has 0 aliphatic heterocycles. The lowest BCUT2D eigenvalue weighted by atomic mass is 10.1. The van der Waals surface area contributed by atoms with Crippen LogP contribution < -0.4 is 5.32 Å². The van der Waals surface area contributed by atoms with Crippen LogP contribution in [0.25, 0.3) is 0 Å². The molecule has 4 nitrogen and oxygen atoms in total. The van der Waals surface area contributed by atoms with Gasteiger partial charge < -0.3 is 5.32 Å². The van der Waals surface area contributed by atoms with E-state index in [1.165, 1.54) is 0 Å². The van der Waals surface area contributed by atoms with Crippen molar-refractivity contribution in [2.24, 2.45) is 0 Å². The topological polar surface area (TPSA) is 76.7 Å². The van der Waals surface area contributed by atoms with Gasteiger partial charge in [-0.05, 0) is 36.4 Å². The van der Waals surface area contributed by atoms with E-state index >= 15 is 0 Å². The molecule has 0 aromatic heterocycles. The van der Waals surface area contributed by atoms with E-state index in [0.717, 1.165) is 0 Å². The number of nitriles is 2. The molecule has 0 aliphatic rings. The Morgan fingerprint density at radius 3 is 2.26 bits per heavy atom. The second-order valence-electron chi connectivity index (χ2n) is 3.80. The van der Waals surface area contributed by atoms with Gasteiger partial charge in [0.05, 0.1) is 28.8 Å². The van der Waals surface area contributed by atoms with Gasteiger partial charge in [0.2, 0.25) is 0 Å². The Kier molecular flexibility index (Phi) is 3.56. The summed E-state index contributed by atoms with van der Waals surface area (Å²) in [5, 5.41) is 20.3. The van der Waals surface area contributed by atoms with Gasteiger partial charge in [0.15, 0.2) is 0 Å². The molecule has 0 heterocycles. The van der Waals surface area contributed by atoms with Crippen molar-refractivity contribution in [3.63, 3.8) is 0 Å². The van der Waals surface area contributed by atoms with Crippen molar-refractivity contribution in [3.8, 4) is 12.1 Å². The fourth-order valence-electron chi connectivity index (χ4n) is 1.61. The highest BCUT2D eigenvalue weighted by Gasteiger charge is 2.10. The Bertz CT molecular complexity index is 691. The monoisotopic (exact) mass is 247 g/mol. The van der Waals surface area contributed by atoms with Gasteiger partial charge in [0.1, 0.15) is 0 Å². The van der Waals surface area contributed by atoms with Crippen LogP contribution in [0.15, 0.2) is 48.5 Å². The van der Waals surface area contributed by atoms with Crippen molar-refractivity contribution in [3.05, 3.63) is 65.2 Å². The lowest BCUT2D eigenvalue weighted by molar-refractivity contribution is 0.102. The fourth-order valence-corrected chi connectivity index (χ4v) is 1.61. The van der Waals surface area contributed by atoms with Crippen LogP contribution in [0.3, 0.4) is 0 Å². The Morgan fingerprint density at radius 2 is 1.63 bits per heavy atom. The van der Waals surface area contributed by atoms with Gasteiger partial charge in [-0.3, -0.25) is 4.79 Å². The quantitative estimate of drug-likeness (QED) is 0.886. The summed E-state index contributed by atoms with van der Waals surface area (Å²) in [5.41, 5.74) is 1.76. The first-order valence-corrected chi connectivity index (χ1v) is 5.55. The van der Waals surface area contributed by atoms with Crippen LogP contribution in [0.5, 0.6) is 0 Å². The van der Waals surface area contributed by atoms with Crippen molar-refractivity contribution < 1.29 is 4.79 Å². The molecule has 2 aromatic rings. The smallest absolute Gasteiger partial charge is 0.257 e. The van der Waals surface area contributed by atoms with E-state index in [2.05, 4.69) is 5.32 Å². The Labute approximate surface area is 110 Å². The number of nitrogens with one attached hydrogen (secondary N) is 1. The third-order valence-corrected chi connectivity index (χ3v) is 2.56. The van der Waals surface area contributed by atoms with E-state index in [9.17, 15) is 4.79 Å². The van der Waals surface area contributed by atoms with Crippen LogP contribution in [-0.2, 0) is 0 Å². The molecule has 1 N–H and O–H groups in total. The summed E-state index contributed by atoms with van der Waals surface area (Å²) in [7, 11) is 0.